The SMILES string of the molecule is CO[Si](CN1CCCC[Si]1(C)OC)(OC)OC. The minimum Gasteiger partial charge on any atom is -0.406 e. The molecule has 0 aromatic heterocycles. The summed E-state index contributed by atoms with van der Waals surface area (Å²) >= 11 is 0. The maximum Gasteiger partial charge on any atom is 0.514 e. The second-order valence-corrected chi connectivity index (χ2v) is 11.4. The smallest absolute Gasteiger partial charge is 0.406 e. The van der Waals surface area contributed by atoms with Gasteiger partial charge in [0.15, 0.2) is 0 Å². The fourth-order valence-corrected chi connectivity index (χ4v) is 8.05. The molecule has 0 N–H and O–H groups in total. The molecule has 1 atom stereocenters. The van der Waals surface area contributed by atoms with Gasteiger partial charge in [0.05, 0.1) is 6.17 Å². The summed E-state index contributed by atoms with van der Waals surface area (Å²) in [5, 5.41) is 0. The summed E-state index contributed by atoms with van der Waals surface area (Å²) in [6.07, 6.45) is 3.20. The van der Waals surface area contributed by atoms with E-state index in [9.17, 15) is 0 Å². The third kappa shape index (κ3) is 3.37. The lowest BCUT2D eigenvalue weighted by Crippen LogP contribution is -2.63. The maximum absolute atomic E-state index is 5.79. The summed E-state index contributed by atoms with van der Waals surface area (Å²) in [7, 11) is 2.50. The lowest BCUT2D eigenvalue weighted by molar-refractivity contribution is 0.108. The van der Waals surface area contributed by atoms with E-state index >= 15 is 0 Å². The Morgan fingerprint density at radius 2 is 1.65 bits per heavy atom. The fourth-order valence-electron chi connectivity index (χ4n) is 2.31. The summed E-state index contributed by atoms with van der Waals surface area (Å²) < 4.78 is 24.7. The van der Waals surface area contributed by atoms with Crippen molar-refractivity contribution in [1.29, 1.82) is 0 Å². The van der Waals surface area contributed by atoms with Crippen LogP contribution >= 0.6 is 0 Å². The van der Waals surface area contributed by atoms with Crippen LogP contribution in [0, 0.1) is 0 Å². The summed E-state index contributed by atoms with van der Waals surface area (Å²) in [5.74, 6) is 0. The molecule has 1 saturated heterocycles. The zero-order valence-corrected chi connectivity index (χ0v) is 13.6. The van der Waals surface area contributed by atoms with Gasteiger partial charge in [0, 0.05) is 28.4 Å². The average Bonchev–Trinajstić information content (AvgIpc) is 2.38. The third-order valence-corrected chi connectivity index (χ3v) is 10.6. The van der Waals surface area contributed by atoms with Gasteiger partial charge in [0.2, 0.25) is 0 Å². The minimum atomic E-state index is -2.53. The van der Waals surface area contributed by atoms with Gasteiger partial charge in [-0.1, -0.05) is 6.42 Å². The Balaban J connectivity index is 2.76. The minimum absolute atomic E-state index is 0.729. The van der Waals surface area contributed by atoms with E-state index in [1.54, 1.807) is 21.3 Å². The summed E-state index contributed by atoms with van der Waals surface area (Å²) in [6, 6.07) is 1.17. The van der Waals surface area contributed by atoms with E-state index in [-0.39, 0.29) is 0 Å². The molecule has 1 rings (SSSR count). The van der Waals surface area contributed by atoms with Gasteiger partial charge in [-0.25, -0.2) is 0 Å². The largest absolute Gasteiger partial charge is 0.514 e. The Morgan fingerprint density at radius 1 is 1.06 bits per heavy atom. The van der Waals surface area contributed by atoms with Crippen LogP contribution in [0.15, 0.2) is 0 Å². The van der Waals surface area contributed by atoms with Crippen molar-refractivity contribution >= 4 is 17.3 Å². The summed E-state index contributed by atoms with van der Waals surface area (Å²) in [6.45, 7) is 3.31. The van der Waals surface area contributed by atoms with E-state index in [4.69, 9.17) is 17.7 Å². The summed E-state index contributed by atoms with van der Waals surface area (Å²) in [4.78, 5) is 0. The molecule has 0 amide bonds. The van der Waals surface area contributed by atoms with E-state index in [1.807, 2.05) is 7.11 Å². The van der Waals surface area contributed by atoms with Crippen molar-refractivity contribution in [3.63, 3.8) is 0 Å². The molecule has 0 saturated carbocycles. The molecule has 1 aliphatic rings. The highest BCUT2D eigenvalue weighted by Gasteiger charge is 2.47. The van der Waals surface area contributed by atoms with Crippen LogP contribution in [0.3, 0.4) is 0 Å². The Kier molecular flexibility index (Phi) is 5.77. The van der Waals surface area contributed by atoms with Crippen LogP contribution in [0.4, 0.5) is 0 Å². The van der Waals surface area contributed by atoms with Crippen molar-refractivity contribution < 1.29 is 17.7 Å². The van der Waals surface area contributed by atoms with Gasteiger partial charge in [-0.3, -0.25) is 4.57 Å². The van der Waals surface area contributed by atoms with Crippen LogP contribution in [-0.2, 0) is 17.7 Å². The molecule has 0 radical (unpaired) electrons. The number of hydrogen-bond acceptors (Lipinski definition) is 5. The number of hydrogen-bond donors (Lipinski definition) is 0. The topological polar surface area (TPSA) is 40.2 Å². The molecule has 5 nitrogen and oxygen atoms in total. The lowest BCUT2D eigenvalue weighted by Gasteiger charge is -2.43. The highest BCUT2D eigenvalue weighted by atomic mass is 28.4. The normalized spacial score (nSPS) is 27.4. The first-order chi connectivity index (χ1) is 8.05. The molecule has 102 valence electrons. The van der Waals surface area contributed by atoms with E-state index in [0.717, 1.165) is 12.7 Å². The first-order valence-corrected chi connectivity index (χ1v) is 10.5. The van der Waals surface area contributed by atoms with Crippen molar-refractivity contribution in [3.05, 3.63) is 0 Å². The quantitative estimate of drug-likeness (QED) is 0.684. The van der Waals surface area contributed by atoms with Crippen molar-refractivity contribution in [1.82, 2.24) is 4.57 Å². The van der Waals surface area contributed by atoms with Crippen molar-refractivity contribution in [2.24, 2.45) is 0 Å². The van der Waals surface area contributed by atoms with Crippen LogP contribution in [0.1, 0.15) is 12.8 Å². The van der Waals surface area contributed by atoms with Crippen LogP contribution < -0.4 is 0 Å². The molecular formula is C10H25NO4Si2. The average molecular weight is 279 g/mol. The van der Waals surface area contributed by atoms with Crippen LogP contribution in [0.5, 0.6) is 0 Å². The third-order valence-electron chi connectivity index (χ3n) is 3.74. The zero-order valence-electron chi connectivity index (χ0n) is 11.6. The number of rotatable bonds is 6. The molecule has 1 fully saturated rings. The zero-order chi connectivity index (χ0) is 12.9. The van der Waals surface area contributed by atoms with E-state index in [2.05, 4.69) is 11.1 Å². The Bertz CT molecular complexity index is 232. The number of nitrogens with zero attached hydrogens (tertiary/aromatic N) is 1. The monoisotopic (exact) mass is 279 g/mol. The van der Waals surface area contributed by atoms with Gasteiger partial charge in [-0.15, -0.1) is 0 Å². The molecule has 1 unspecified atom stereocenters. The maximum atomic E-state index is 5.79. The predicted octanol–water partition coefficient (Wildman–Crippen LogP) is 1.22. The van der Waals surface area contributed by atoms with Crippen LogP contribution in [0.25, 0.3) is 0 Å². The Labute approximate surface area is 107 Å². The molecule has 1 aliphatic heterocycles. The van der Waals surface area contributed by atoms with Gasteiger partial charge in [0.1, 0.15) is 0 Å². The van der Waals surface area contributed by atoms with Gasteiger partial charge in [-0.2, -0.15) is 0 Å². The Hall–Kier alpha value is 0.234. The molecular weight excluding hydrogens is 254 g/mol. The van der Waals surface area contributed by atoms with Crippen molar-refractivity contribution in [3.8, 4) is 0 Å². The van der Waals surface area contributed by atoms with E-state index in [0.29, 0.717) is 0 Å². The molecule has 0 bridgehead atoms. The van der Waals surface area contributed by atoms with Gasteiger partial charge in [-0.05, 0) is 25.6 Å². The highest BCUT2D eigenvalue weighted by molar-refractivity contribution is 6.72. The van der Waals surface area contributed by atoms with Gasteiger partial charge < -0.3 is 17.7 Å². The van der Waals surface area contributed by atoms with Crippen LogP contribution in [-0.4, -0.2) is 63.0 Å². The molecule has 0 aromatic rings. The molecule has 0 aromatic carbocycles. The van der Waals surface area contributed by atoms with Crippen molar-refractivity contribution in [2.45, 2.75) is 25.4 Å². The molecule has 7 heteroatoms. The second kappa shape index (κ2) is 6.41. The first kappa shape index (κ1) is 15.3. The van der Waals surface area contributed by atoms with Gasteiger partial charge in [0.25, 0.3) is 8.48 Å². The van der Waals surface area contributed by atoms with E-state index in [1.165, 1.54) is 18.9 Å². The molecule has 0 spiro atoms. The first-order valence-electron chi connectivity index (χ1n) is 6.01. The molecule has 17 heavy (non-hydrogen) atoms. The van der Waals surface area contributed by atoms with E-state index < -0.39 is 17.3 Å². The highest BCUT2D eigenvalue weighted by Crippen LogP contribution is 2.27. The fraction of sp³-hybridized carbons (Fsp3) is 1.00. The van der Waals surface area contributed by atoms with Gasteiger partial charge >= 0.3 is 8.80 Å². The standard InChI is InChI=1S/C10H25NO4Si2/c1-12-16(5)9-7-6-8-11(16)10-17(13-2,14-3)15-4/h6-10H2,1-5H3. The second-order valence-electron chi connectivity index (χ2n) is 4.55. The summed E-state index contributed by atoms with van der Waals surface area (Å²) in [5.41, 5.74) is 0. The van der Waals surface area contributed by atoms with Crippen molar-refractivity contribution in [2.75, 3.05) is 41.2 Å². The molecule has 1 heterocycles. The molecule has 0 aliphatic carbocycles. The lowest BCUT2D eigenvalue weighted by atomic mass is 10.3. The predicted molar refractivity (Wildman–Crippen MR) is 71.0 cm³/mol. The Morgan fingerprint density at radius 3 is 2.12 bits per heavy atom. The van der Waals surface area contributed by atoms with Crippen LogP contribution in [0.2, 0.25) is 12.6 Å².